The van der Waals surface area contributed by atoms with E-state index in [-0.39, 0.29) is 11.8 Å². The highest BCUT2D eigenvalue weighted by Gasteiger charge is 2.37. The van der Waals surface area contributed by atoms with Crippen LogP contribution < -0.4 is 0 Å². The van der Waals surface area contributed by atoms with Crippen LogP contribution in [0.5, 0.6) is 0 Å². The van der Waals surface area contributed by atoms with E-state index in [4.69, 9.17) is 4.52 Å². The van der Waals surface area contributed by atoms with Gasteiger partial charge in [0.25, 0.3) is 5.91 Å². The van der Waals surface area contributed by atoms with Crippen molar-refractivity contribution in [2.45, 2.75) is 5.92 Å². The maximum absolute atomic E-state index is 12.9. The smallest absolute Gasteiger partial charge is 0.272 e. The number of nitrogens with zero attached hydrogens (tertiary/aromatic N) is 6. The normalized spacial score (nSPS) is 14.0. The average Bonchev–Trinajstić information content (AvgIpc) is 3.35. The third-order valence-electron chi connectivity index (χ3n) is 5.02. The summed E-state index contributed by atoms with van der Waals surface area (Å²) in [5.74, 6) is 0.975. The molecule has 8 nitrogen and oxygen atoms in total. The highest BCUT2D eigenvalue weighted by molar-refractivity contribution is 5.94. The third-order valence-corrected chi connectivity index (χ3v) is 5.02. The monoisotopic (exact) mass is 386 g/mol. The van der Waals surface area contributed by atoms with Crippen LogP contribution in [0.3, 0.4) is 0 Å². The Balaban J connectivity index is 1.27. The number of amides is 1. The van der Waals surface area contributed by atoms with Crippen molar-refractivity contribution in [3.8, 4) is 22.8 Å². The van der Waals surface area contributed by atoms with Crippen LogP contribution in [-0.2, 0) is 7.05 Å². The molecule has 8 heteroatoms. The van der Waals surface area contributed by atoms with Crippen LogP contribution in [0.4, 0.5) is 0 Å². The van der Waals surface area contributed by atoms with E-state index in [1.165, 1.54) is 0 Å². The van der Waals surface area contributed by atoms with Gasteiger partial charge in [0.15, 0.2) is 0 Å². The molecule has 5 rings (SSSR count). The van der Waals surface area contributed by atoms with Crippen LogP contribution in [-0.4, -0.2) is 48.8 Å². The van der Waals surface area contributed by atoms with Crippen LogP contribution in [0.2, 0.25) is 0 Å². The second-order valence-electron chi connectivity index (χ2n) is 6.98. The van der Waals surface area contributed by atoms with Gasteiger partial charge in [-0.3, -0.25) is 14.5 Å². The van der Waals surface area contributed by atoms with Crippen LogP contribution in [0.25, 0.3) is 22.8 Å². The van der Waals surface area contributed by atoms with Gasteiger partial charge in [-0.2, -0.15) is 10.1 Å². The van der Waals surface area contributed by atoms with Crippen molar-refractivity contribution >= 4 is 5.91 Å². The topological polar surface area (TPSA) is 89.9 Å². The first-order valence-electron chi connectivity index (χ1n) is 9.33. The quantitative estimate of drug-likeness (QED) is 0.536. The molecule has 29 heavy (non-hydrogen) atoms. The van der Waals surface area contributed by atoms with Crippen molar-refractivity contribution in [2.75, 3.05) is 13.1 Å². The third kappa shape index (κ3) is 3.18. The molecule has 4 aromatic rings. The summed E-state index contributed by atoms with van der Waals surface area (Å²) in [6, 6.07) is 17.2. The molecule has 0 saturated carbocycles. The number of pyridine rings is 1. The Labute approximate surface area is 166 Å². The summed E-state index contributed by atoms with van der Waals surface area (Å²) in [5.41, 5.74) is 2.99. The number of aryl methyl sites for hydroxylation is 1. The summed E-state index contributed by atoms with van der Waals surface area (Å²) in [5, 5.41) is 8.48. The zero-order valence-electron chi connectivity index (χ0n) is 15.8. The molecule has 0 unspecified atom stereocenters. The van der Waals surface area contributed by atoms with Gasteiger partial charge in [0, 0.05) is 31.9 Å². The van der Waals surface area contributed by atoms with E-state index in [2.05, 4.69) is 20.2 Å². The summed E-state index contributed by atoms with van der Waals surface area (Å²) in [4.78, 5) is 23.3. The summed E-state index contributed by atoms with van der Waals surface area (Å²) < 4.78 is 7.01. The number of rotatable bonds is 4. The van der Waals surface area contributed by atoms with Crippen LogP contribution in [0.15, 0.2) is 65.3 Å². The number of likely N-dealkylation sites (tertiary alicyclic amines) is 1. The van der Waals surface area contributed by atoms with Gasteiger partial charge in [0.1, 0.15) is 11.4 Å². The van der Waals surface area contributed by atoms with E-state index in [0.717, 1.165) is 11.3 Å². The van der Waals surface area contributed by atoms with Crippen LogP contribution >= 0.6 is 0 Å². The fourth-order valence-corrected chi connectivity index (χ4v) is 3.38. The molecular formula is C21H18N6O2. The van der Waals surface area contributed by atoms with Crippen molar-refractivity contribution in [3.05, 3.63) is 72.4 Å². The summed E-state index contributed by atoms with van der Waals surface area (Å²) in [7, 11) is 1.79. The van der Waals surface area contributed by atoms with Gasteiger partial charge in [-0.25, -0.2) is 0 Å². The molecule has 1 amide bonds. The van der Waals surface area contributed by atoms with Gasteiger partial charge in [-0.15, -0.1) is 0 Å². The first-order valence-corrected chi connectivity index (χ1v) is 9.33. The molecular weight excluding hydrogens is 368 g/mol. The SMILES string of the molecule is Cn1nc(-c2ccccc2)cc1C(=O)N1CC(c2nc(-c3ccccn3)no2)C1. The minimum absolute atomic E-state index is 0.0331. The number of hydrogen-bond donors (Lipinski definition) is 0. The Kier molecular flexibility index (Phi) is 4.16. The van der Waals surface area contributed by atoms with Gasteiger partial charge in [-0.05, 0) is 18.2 Å². The molecule has 0 N–H and O–H groups in total. The number of carbonyl (C=O) groups is 1. The van der Waals surface area contributed by atoms with Gasteiger partial charge in [0.2, 0.25) is 11.7 Å². The molecule has 4 heterocycles. The van der Waals surface area contributed by atoms with E-state index in [9.17, 15) is 4.79 Å². The lowest BCUT2D eigenvalue weighted by atomic mass is 9.99. The number of benzene rings is 1. The number of carbonyl (C=O) groups excluding carboxylic acids is 1. The highest BCUT2D eigenvalue weighted by Crippen LogP contribution is 2.29. The van der Waals surface area contributed by atoms with Gasteiger partial charge < -0.3 is 9.42 Å². The molecule has 0 atom stereocenters. The Morgan fingerprint density at radius 2 is 1.86 bits per heavy atom. The molecule has 1 fully saturated rings. The molecule has 0 aliphatic carbocycles. The maximum atomic E-state index is 12.9. The minimum Gasteiger partial charge on any atom is -0.338 e. The van der Waals surface area contributed by atoms with E-state index >= 15 is 0 Å². The maximum Gasteiger partial charge on any atom is 0.272 e. The molecule has 0 bridgehead atoms. The van der Waals surface area contributed by atoms with E-state index < -0.39 is 0 Å². The van der Waals surface area contributed by atoms with Crippen LogP contribution in [0, 0.1) is 0 Å². The van der Waals surface area contributed by atoms with Gasteiger partial charge in [0.05, 0.1) is 11.6 Å². The molecule has 0 radical (unpaired) electrons. The van der Waals surface area contributed by atoms with E-state index in [1.807, 2.05) is 54.6 Å². The molecule has 1 aromatic carbocycles. The zero-order valence-corrected chi connectivity index (χ0v) is 15.8. The minimum atomic E-state index is -0.0529. The first kappa shape index (κ1) is 17.3. The van der Waals surface area contributed by atoms with Crippen molar-refractivity contribution < 1.29 is 9.32 Å². The molecule has 0 spiro atoms. The second-order valence-corrected chi connectivity index (χ2v) is 6.98. The average molecular weight is 386 g/mol. The van der Waals surface area contributed by atoms with Crippen molar-refractivity contribution in [1.29, 1.82) is 0 Å². The van der Waals surface area contributed by atoms with Crippen molar-refractivity contribution in [3.63, 3.8) is 0 Å². The predicted octanol–water partition coefficient (Wildman–Crippen LogP) is 2.77. The van der Waals surface area contributed by atoms with E-state index in [0.29, 0.717) is 36.2 Å². The molecule has 3 aromatic heterocycles. The highest BCUT2D eigenvalue weighted by atomic mass is 16.5. The summed E-state index contributed by atoms with van der Waals surface area (Å²) >= 11 is 0. The number of aromatic nitrogens is 5. The Morgan fingerprint density at radius 3 is 2.62 bits per heavy atom. The summed E-state index contributed by atoms with van der Waals surface area (Å²) in [6.45, 7) is 1.07. The lowest BCUT2D eigenvalue weighted by Gasteiger charge is -2.36. The van der Waals surface area contributed by atoms with Crippen molar-refractivity contribution in [1.82, 2.24) is 29.8 Å². The molecule has 144 valence electrons. The fraction of sp³-hybridized carbons (Fsp3) is 0.190. The van der Waals surface area contributed by atoms with Crippen molar-refractivity contribution in [2.24, 2.45) is 7.05 Å². The lowest BCUT2D eigenvalue weighted by molar-refractivity contribution is 0.0558. The molecule has 1 saturated heterocycles. The number of hydrogen-bond acceptors (Lipinski definition) is 6. The lowest BCUT2D eigenvalue weighted by Crippen LogP contribution is -2.49. The molecule has 1 aliphatic rings. The first-order chi connectivity index (χ1) is 14.2. The Hall–Kier alpha value is -3.81. The molecule has 1 aliphatic heterocycles. The van der Waals surface area contributed by atoms with Gasteiger partial charge in [-0.1, -0.05) is 41.6 Å². The second kappa shape index (κ2) is 6.97. The van der Waals surface area contributed by atoms with Gasteiger partial charge >= 0.3 is 0 Å². The standard InChI is InChI=1S/C21H18N6O2/c1-26-18(11-17(24-26)14-7-3-2-4-8-14)21(28)27-12-15(13-27)20-23-19(25-29-20)16-9-5-6-10-22-16/h2-11,15H,12-13H2,1H3. The Bertz CT molecular complexity index is 1150. The fourth-order valence-electron chi connectivity index (χ4n) is 3.38. The predicted molar refractivity (Wildman–Crippen MR) is 105 cm³/mol. The zero-order chi connectivity index (χ0) is 19.8. The van der Waals surface area contributed by atoms with Crippen LogP contribution in [0.1, 0.15) is 22.3 Å². The Morgan fingerprint density at radius 1 is 1.07 bits per heavy atom. The largest absolute Gasteiger partial charge is 0.338 e. The van der Waals surface area contributed by atoms with E-state index in [1.54, 1.807) is 22.8 Å². The summed E-state index contributed by atoms with van der Waals surface area (Å²) in [6.07, 6.45) is 1.69.